The highest BCUT2D eigenvalue weighted by Crippen LogP contribution is 2.17. The lowest BCUT2D eigenvalue weighted by atomic mass is 10.2. The maximum Gasteiger partial charge on any atom is 0.224 e. The molecular formula is C18H31N5. The van der Waals surface area contributed by atoms with Gasteiger partial charge >= 0.3 is 0 Å². The molecule has 23 heavy (non-hydrogen) atoms. The molecule has 0 spiro atoms. The van der Waals surface area contributed by atoms with Crippen molar-refractivity contribution in [3.8, 4) is 0 Å². The van der Waals surface area contributed by atoms with Gasteiger partial charge in [-0.2, -0.15) is 4.98 Å². The SMILES string of the molecule is CCC=CCN(C)CCNc1nccc(N2CCCCCC2)n1. The summed E-state index contributed by atoms with van der Waals surface area (Å²) in [5, 5.41) is 3.35. The van der Waals surface area contributed by atoms with E-state index in [4.69, 9.17) is 0 Å². The molecule has 5 nitrogen and oxygen atoms in total. The number of likely N-dealkylation sites (N-methyl/N-ethyl adjacent to an activating group) is 1. The van der Waals surface area contributed by atoms with Crippen molar-refractivity contribution in [3.63, 3.8) is 0 Å². The first-order valence-corrected chi connectivity index (χ1v) is 8.95. The van der Waals surface area contributed by atoms with Gasteiger partial charge in [0.1, 0.15) is 5.82 Å². The molecule has 5 heteroatoms. The van der Waals surface area contributed by atoms with Gasteiger partial charge in [-0.05, 0) is 32.4 Å². The van der Waals surface area contributed by atoms with Crippen LogP contribution in [-0.2, 0) is 0 Å². The van der Waals surface area contributed by atoms with Crippen LogP contribution in [-0.4, -0.2) is 54.6 Å². The average Bonchev–Trinajstić information content (AvgIpc) is 2.85. The van der Waals surface area contributed by atoms with Crippen LogP contribution in [0.3, 0.4) is 0 Å². The van der Waals surface area contributed by atoms with Crippen molar-refractivity contribution >= 4 is 11.8 Å². The lowest BCUT2D eigenvalue weighted by Crippen LogP contribution is -2.27. The topological polar surface area (TPSA) is 44.3 Å². The van der Waals surface area contributed by atoms with E-state index in [1.54, 1.807) is 0 Å². The van der Waals surface area contributed by atoms with Crippen LogP contribution in [0.2, 0.25) is 0 Å². The van der Waals surface area contributed by atoms with Gasteiger partial charge in [0, 0.05) is 38.9 Å². The lowest BCUT2D eigenvalue weighted by molar-refractivity contribution is 0.384. The Balaban J connectivity index is 1.79. The smallest absolute Gasteiger partial charge is 0.224 e. The van der Waals surface area contributed by atoms with Gasteiger partial charge < -0.3 is 15.1 Å². The van der Waals surface area contributed by atoms with E-state index in [0.29, 0.717) is 0 Å². The highest BCUT2D eigenvalue weighted by atomic mass is 15.2. The molecule has 1 aliphatic heterocycles. The van der Waals surface area contributed by atoms with Crippen molar-refractivity contribution in [2.24, 2.45) is 0 Å². The van der Waals surface area contributed by atoms with E-state index in [2.05, 4.69) is 51.2 Å². The first-order valence-electron chi connectivity index (χ1n) is 8.95. The Morgan fingerprint density at radius 1 is 1.22 bits per heavy atom. The van der Waals surface area contributed by atoms with E-state index in [0.717, 1.165) is 50.9 Å². The summed E-state index contributed by atoms with van der Waals surface area (Å²) in [4.78, 5) is 13.7. The average molecular weight is 317 g/mol. The van der Waals surface area contributed by atoms with Gasteiger partial charge in [0.2, 0.25) is 5.95 Å². The highest BCUT2D eigenvalue weighted by molar-refractivity contribution is 5.42. The number of anilines is 2. The van der Waals surface area contributed by atoms with Crippen molar-refractivity contribution in [3.05, 3.63) is 24.4 Å². The predicted molar refractivity (Wildman–Crippen MR) is 98.1 cm³/mol. The summed E-state index contributed by atoms with van der Waals surface area (Å²) in [6.45, 7) is 7.22. The first kappa shape index (κ1) is 17.7. The zero-order valence-corrected chi connectivity index (χ0v) is 14.7. The molecule has 0 saturated carbocycles. The number of rotatable bonds is 8. The third-order valence-electron chi connectivity index (χ3n) is 4.17. The van der Waals surface area contributed by atoms with Crippen molar-refractivity contribution in [2.75, 3.05) is 50.0 Å². The molecule has 0 atom stereocenters. The molecule has 0 aromatic carbocycles. The van der Waals surface area contributed by atoms with Crippen LogP contribution in [0.5, 0.6) is 0 Å². The number of aromatic nitrogens is 2. The van der Waals surface area contributed by atoms with Gasteiger partial charge in [-0.1, -0.05) is 31.9 Å². The van der Waals surface area contributed by atoms with Gasteiger partial charge in [-0.25, -0.2) is 4.98 Å². The summed E-state index contributed by atoms with van der Waals surface area (Å²) in [5.41, 5.74) is 0. The number of allylic oxidation sites excluding steroid dienone is 1. The summed E-state index contributed by atoms with van der Waals surface area (Å²) in [6, 6.07) is 2.03. The summed E-state index contributed by atoms with van der Waals surface area (Å²) in [7, 11) is 2.14. The molecule has 0 unspecified atom stereocenters. The molecule has 2 rings (SSSR count). The quantitative estimate of drug-likeness (QED) is 0.746. The zero-order valence-electron chi connectivity index (χ0n) is 14.7. The molecule has 0 bridgehead atoms. The summed E-state index contributed by atoms with van der Waals surface area (Å²) < 4.78 is 0. The van der Waals surface area contributed by atoms with Crippen LogP contribution >= 0.6 is 0 Å². The molecule has 128 valence electrons. The molecule has 1 aromatic heterocycles. The first-order chi connectivity index (χ1) is 11.3. The van der Waals surface area contributed by atoms with Crippen LogP contribution in [0.25, 0.3) is 0 Å². The summed E-state index contributed by atoms with van der Waals surface area (Å²) in [5.74, 6) is 1.80. The minimum absolute atomic E-state index is 0.740. The van der Waals surface area contributed by atoms with Crippen LogP contribution in [0.15, 0.2) is 24.4 Å². The van der Waals surface area contributed by atoms with Crippen LogP contribution < -0.4 is 10.2 Å². The number of nitrogens with one attached hydrogen (secondary N) is 1. The van der Waals surface area contributed by atoms with E-state index < -0.39 is 0 Å². The van der Waals surface area contributed by atoms with Gasteiger partial charge in [-0.3, -0.25) is 0 Å². The molecule has 0 radical (unpaired) electrons. The normalized spacial score (nSPS) is 16.0. The standard InChI is InChI=1S/C18H31N5/c1-3-4-7-13-22(2)16-12-20-18-19-11-10-17(21-18)23-14-8-5-6-9-15-23/h4,7,10-11H,3,5-6,8-9,12-16H2,1-2H3,(H,19,20,21). The van der Waals surface area contributed by atoms with Crippen molar-refractivity contribution in [2.45, 2.75) is 39.0 Å². The van der Waals surface area contributed by atoms with Crippen molar-refractivity contribution in [1.82, 2.24) is 14.9 Å². The zero-order chi connectivity index (χ0) is 16.3. The third kappa shape index (κ3) is 6.57. The molecule has 1 aliphatic rings. The molecule has 0 amide bonds. The van der Waals surface area contributed by atoms with Crippen molar-refractivity contribution in [1.29, 1.82) is 0 Å². The Labute approximate surface area is 140 Å². The maximum atomic E-state index is 4.68. The molecular weight excluding hydrogens is 286 g/mol. The van der Waals surface area contributed by atoms with Gasteiger partial charge in [0.25, 0.3) is 0 Å². The van der Waals surface area contributed by atoms with Crippen LogP contribution in [0.1, 0.15) is 39.0 Å². The monoisotopic (exact) mass is 317 g/mol. The highest BCUT2D eigenvalue weighted by Gasteiger charge is 2.11. The maximum absolute atomic E-state index is 4.68. The fraction of sp³-hybridized carbons (Fsp3) is 0.667. The van der Waals surface area contributed by atoms with Gasteiger partial charge in [0.15, 0.2) is 0 Å². The second kappa shape index (κ2) is 10.2. The van der Waals surface area contributed by atoms with Gasteiger partial charge in [-0.15, -0.1) is 0 Å². The number of hydrogen-bond donors (Lipinski definition) is 1. The molecule has 1 aromatic rings. The molecule has 1 N–H and O–H groups in total. The third-order valence-corrected chi connectivity index (χ3v) is 4.17. The van der Waals surface area contributed by atoms with Gasteiger partial charge in [0.05, 0.1) is 0 Å². The Morgan fingerprint density at radius 2 is 2.00 bits per heavy atom. The summed E-state index contributed by atoms with van der Waals surface area (Å²) >= 11 is 0. The Morgan fingerprint density at radius 3 is 2.74 bits per heavy atom. The fourth-order valence-corrected chi connectivity index (χ4v) is 2.78. The molecule has 1 saturated heterocycles. The minimum atomic E-state index is 0.740. The summed E-state index contributed by atoms with van der Waals surface area (Å²) in [6.07, 6.45) is 12.6. The van der Waals surface area contributed by atoms with E-state index in [-0.39, 0.29) is 0 Å². The fourth-order valence-electron chi connectivity index (χ4n) is 2.78. The Bertz CT molecular complexity index is 466. The van der Waals surface area contributed by atoms with E-state index >= 15 is 0 Å². The largest absolute Gasteiger partial charge is 0.356 e. The second-order valence-corrected chi connectivity index (χ2v) is 6.21. The second-order valence-electron chi connectivity index (χ2n) is 6.21. The van der Waals surface area contributed by atoms with Crippen LogP contribution in [0.4, 0.5) is 11.8 Å². The van der Waals surface area contributed by atoms with E-state index in [1.807, 2.05) is 12.3 Å². The van der Waals surface area contributed by atoms with Crippen LogP contribution in [0, 0.1) is 0 Å². The van der Waals surface area contributed by atoms with Crippen molar-refractivity contribution < 1.29 is 0 Å². The molecule has 1 fully saturated rings. The number of hydrogen-bond acceptors (Lipinski definition) is 5. The number of nitrogens with zero attached hydrogens (tertiary/aromatic N) is 4. The lowest BCUT2D eigenvalue weighted by Gasteiger charge is -2.21. The minimum Gasteiger partial charge on any atom is -0.356 e. The Kier molecular flexibility index (Phi) is 7.87. The molecule has 2 heterocycles. The molecule has 0 aliphatic carbocycles. The van der Waals surface area contributed by atoms with E-state index in [1.165, 1.54) is 25.7 Å². The predicted octanol–water partition coefficient (Wildman–Crippen LogP) is 3.17. The van der Waals surface area contributed by atoms with E-state index in [9.17, 15) is 0 Å². The Hall–Kier alpha value is -1.62.